The van der Waals surface area contributed by atoms with Crippen molar-refractivity contribution >= 4 is 79.6 Å². The van der Waals surface area contributed by atoms with E-state index < -0.39 is 119 Å². The van der Waals surface area contributed by atoms with Crippen molar-refractivity contribution < 1.29 is 79.4 Å². The summed E-state index contributed by atoms with van der Waals surface area (Å²) in [5.41, 5.74) is 0.722. The first-order chi connectivity index (χ1) is 52.2. The molecule has 12 fully saturated rings. The Morgan fingerprint density at radius 1 is 0.478 bits per heavy atom. The van der Waals surface area contributed by atoms with Crippen LogP contribution in [0.1, 0.15) is 311 Å². The van der Waals surface area contributed by atoms with E-state index in [0.717, 1.165) is 135 Å². The molecule has 12 atom stereocenters. The van der Waals surface area contributed by atoms with Crippen LogP contribution < -0.4 is 25.8 Å². The summed E-state index contributed by atoms with van der Waals surface area (Å²) in [5.74, 6) is -4.76. The number of carboxylic acid groups (broad SMARTS) is 1. The number of carbonyl (C=O) groups excluding carboxylic acids is 9. The molecule has 0 aromatic rings. The first-order valence-corrected chi connectivity index (χ1v) is 45.9. The van der Waals surface area contributed by atoms with E-state index in [9.17, 15) is 65.1 Å². The Morgan fingerprint density at radius 3 is 1.15 bits per heavy atom. The normalized spacial score (nSPS) is 30.7. The second-order valence-electron chi connectivity index (χ2n) is 41.8. The third-order valence-corrected chi connectivity index (χ3v) is 33.6. The topological polar surface area (TPSA) is 365 Å². The highest BCUT2D eigenvalue weighted by Gasteiger charge is 2.87. The summed E-state index contributed by atoms with van der Waals surface area (Å²) in [6.45, 7) is 37.8. The van der Waals surface area contributed by atoms with Crippen LogP contribution in [0.2, 0.25) is 0 Å². The van der Waals surface area contributed by atoms with Crippen molar-refractivity contribution in [3.63, 3.8) is 0 Å². The third-order valence-electron chi connectivity index (χ3n) is 30.6. The van der Waals surface area contributed by atoms with Crippen molar-refractivity contribution in [3.05, 3.63) is 0 Å². The molecule has 4 spiro atoms. The molecule has 12 rings (SSSR count). The zero-order chi connectivity index (χ0) is 83.8. The number of hydrogen-bond acceptors (Lipinski definition) is 17. The predicted molar refractivity (Wildman–Crippen MR) is 429 cm³/mol. The summed E-state index contributed by atoms with van der Waals surface area (Å²) in [4.78, 5) is 140. The predicted octanol–water partition coefficient (Wildman–Crippen LogP) is 12.2. The van der Waals surface area contributed by atoms with Gasteiger partial charge < -0.3 is 40.7 Å². The summed E-state index contributed by atoms with van der Waals surface area (Å²) >= 11 is 0. The van der Waals surface area contributed by atoms with Crippen LogP contribution in [0.15, 0.2) is 0 Å². The fraction of sp³-hybridized carbons (Fsp3) is 0.882. The van der Waals surface area contributed by atoms with Crippen molar-refractivity contribution in [2.75, 3.05) is 39.3 Å². The molecular formula is C85H141N9O17S2. The number of aliphatic carboxylic acids is 1. The number of carboxylic acids is 1. The van der Waals surface area contributed by atoms with Crippen LogP contribution in [0.3, 0.4) is 0 Å². The Morgan fingerprint density at radius 2 is 0.841 bits per heavy atom. The Kier molecular flexibility index (Phi) is 25.8. The molecule has 0 aromatic heterocycles. The molecule has 8 aliphatic carbocycles. The van der Waals surface area contributed by atoms with Crippen molar-refractivity contribution in [1.29, 1.82) is 0 Å². The lowest BCUT2D eigenvalue weighted by molar-refractivity contribution is -0.152. The molecule has 12 aliphatic rings. The Balaban J connectivity index is 0.000000205. The zero-order valence-corrected chi connectivity index (χ0v) is 73.3. The monoisotopic (exact) mass is 1620 g/mol. The summed E-state index contributed by atoms with van der Waals surface area (Å²) in [7, 11) is -7.71. The number of nitrogens with one attached hydrogen (secondary N) is 4. The van der Waals surface area contributed by atoms with Crippen LogP contribution in [0, 0.1) is 84.2 Å². The number of amides is 6. The van der Waals surface area contributed by atoms with E-state index >= 15 is 4.79 Å². The van der Waals surface area contributed by atoms with E-state index in [-0.39, 0.29) is 105 Å². The largest absolute Gasteiger partial charge is 0.480 e. The van der Waals surface area contributed by atoms with Gasteiger partial charge in [-0.15, -0.1) is 0 Å². The highest BCUT2D eigenvalue weighted by Crippen LogP contribution is 2.89. The average Bonchev–Trinajstić information content (AvgIpc) is 1.46. The lowest BCUT2D eigenvalue weighted by atomic mass is 9.73. The molecule has 0 aromatic carbocycles. The molecule has 6 amide bonds. The van der Waals surface area contributed by atoms with Gasteiger partial charge in [0.2, 0.25) is 17.7 Å². The molecule has 4 aliphatic heterocycles. The third kappa shape index (κ3) is 17.6. The number of Topliss-reactive ketones (excluding diaryl/α,β-unsaturated/α-hetero) is 3. The number of likely N-dealkylation sites (tertiary alicyclic amines) is 2. The quantitative estimate of drug-likeness (QED) is 0.0523. The maximum Gasteiger partial charge on any atom is 0.408 e. The molecule has 113 heavy (non-hydrogen) atoms. The smallest absolute Gasteiger partial charge is 0.408 e. The Hall–Kier alpha value is -5.32. The van der Waals surface area contributed by atoms with E-state index in [0.29, 0.717) is 71.4 Å². The first kappa shape index (κ1) is 90.0. The van der Waals surface area contributed by atoms with Crippen molar-refractivity contribution in [1.82, 2.24) is 38.5 Å². The van der Waals surface area contributed by atoms with Gasteiger partial charge in [-0.2, -0.15) is 25.4 Å². The van der Waals surface area contributed by atoms with Gasteiger partial charge in [0, 0.05) is 81.2 Å². The minimum absolute atomic E-state index is 0.00254. The minimum Gasteiger partial charge on any atom is -0.480 e. The molecule has 4 saturated heterocycles. The van der Waals surface area contributed by atoms with Crippen LogP contribution in [-0.4, -0.2) is 180 Å². The van der Waals surface area contributed by atoms with Crippen molar-refractivity contribution in [2.45, 2.75) is 352 Å². The lowest BCUT2D eigenvalue weighted by Crippen LogP contribution is -2.52. The second-order valence-corrected chi connectivity index (χ2v) is 45.1. The van der Waals surface area contributed by atoms with Crippen molar-refractivity contribution in [3.8, 4) is 0 Å². The van der Waals surface area contributed by atoms with E-state index in [2.05, 4.69) is 47.8 Å². The van der Waals surface area contributed by atoms with Gasteiger partial charge in [0.15, 0.2) is 17.3 Å². The molecule has 28 heteroatoms. The molecule has 8 saturated carbocycles. The zero-order valence-electron chi connectivity index (χ0n) is 71.7. The van der Waals surface area contributed by atoms with Crippen LogP contribution in [0.4, 0.5) is 9.59 Å². The summed E-state index contributed by atoms with van der Waals surface area (Å²) in [5, 5.41) is 16.0. The van der Waals surface area contributed by atoms with E-state index in [1.807, 2.05) is 55.4 Å². The standard InChI is InChI=1S/C43H70N4O8S.C32H52N2O6.C10H19N3O3S/c1-10-29-24-41(29,36(51)45-56(53,54)46-21-14-15-22-46)26-33(49)31-25-43(40(8,9)42(43)19-16-20-42)27-47(31)35(50)30(38(2,3)4)23-32(48)34(28-17-12-11-13-18-28)44-37(52)55-39(5,6)7;1-28(2,3)21(17-23(35)24(20-13-10-9-11-14-20)33-27(39)40-29(4,5)6)25(36)34-19-32(18-22(34)26(37)38)30(7,8)31(32)15-12-16-31;1-2-8-7-10(8,11)9(14)12-17(15,16)13-5-3-4-6-13/h28-31,34H,10-27H2,1-9H3,(H,44,52)(H,45,51);20-22,24H,9-19H2,1-8H3,(H,33,39)(H,37,38);8H,2-7,11H2,1H3,(H,12,14)/t29-,30-,31+,34+,41-,43-;21-,22+,24+,32-;8-,10-/m111/s1. The van der Waals surface area contributed by atoms with Gasteiger partial charge in [0.1, 0.15) is 17.2 Å². The number of carbonyl (C=O) groups is 10. The maximum absolute atomic E-state index is 15.2. The van der Waals surface area contributed by atoms with Crippen LogP contribution in [0.25, 0.3) is 0 Å². The number of rotatable bonds is 24. The first-order valence-electron chi connectivity index (χ1n) is 43.1. The molecule has 0 radical (unpaired) electrons. The van der Waals surface area contributed by atoms with Crippen LogP contribution in [0.5, 0.6) is 0 Å². The molecular weight excluding hydrogens is 1480 g/mol. The minimum atomic E-state index is -4.03. The number of hydrogen-bond donors (Lipinski definition) is 6. The summed E-state index contributed by atoms with van der Waals surface area (Å²) in [6, 6.07) is -3.18. The van der Waals surface area contributed by atoms with Gasteiger partial charge in [0.05, 0.1) is 29.1 Å². The SMILES string of the molecule is CC(C)(C)OC(=O)N[C@H](C(=O)C[C@H](C(=O)N1C[C@]2(C[C@H]1C(=O)O)C(C)(C)C21CCC1)C(C)(C)C)C1CCCCC1.CC[C@@H]1C[C@]1(CC(=O)[C@@H]1C[C@@]2(CN1C(=O)[C@@H](CC(=O)[C@@H](NC(=O)OC(C)(C)C)C1CCCCC1)C(C)(C)C)C(C)(C)C21CCC1)C(=O)NS(=O)(=O)N1CCCC1.CC[C@@H]1C[C@]1(N)C(=O)NS(=O)(=O)N1CCCC1. The number of ether oxygens (including phenoxy) is 2. The number of fused-ring (bicyclic) bond motifs is 2. The highest BCUT2D eigenvalue weighted by molar-refractivity contribution is 7.88. The van der Waals surface area contributed by atoms with Gasteiger partial charge >= 0.3 is 38.6 Å². The van der Waals surface area contributed by atoms with Gasteiger partial charge in [0.25, 0.3) is 5.91 Å². The molecule has 0 unspecified atom stereocenters. The van der Waals surface area contributed by atoms with Crippen LogP contribution in [-0.2, 0) is 68.2 Å². The van der Waals surface area contributed by atoms with Gasteiger partial charge in [-0.25, -0.2) is 23.8 Å². The molecule has 640 valence electrons. The number of ketones is 3. The average molecular weight is 1630 g/mol. The molecule has 26 nitrogen and oxygen atoms in total. The van der Waals surface area contributed by atoms with Crippen LogP contribution >= 0.6 is 0 Å². The molecule has 7 N–H and O–H groups in total. The highest BCUT2D eigenvalue weighted by atomic mass is 32.2. The van der Waals surface area contributed by atoms with E-state index in [1.165, 1.54) is 8.61 Å². The number of nitrogens with two attached hydrogens (primary N) is 1. The number of nitrogens with zero attached hydrogens (tertiary/aromatic N) is 4. The number of alkyl carbamates (subject to hydrolysis) is 2. The summed E-state index contributed by atoms with van der Waals surface area (Å²) < 4.78 is 68.2. The van der Waals surface area contributed by atoms with Gasteiger partial charge in [-0.1, -0.05) is 147 Å². The fourth-order valence-electron chi connectivity index (χ4n) is 23.0. The Labute approximate surface area is 674 Å². The van der Waals surface area contributed by atoms with Gasteiger partial charge in [-0.3, -0.25) is 33.6 Å². The lowest BCUT2D eigenvalue weighted by Gasteiger charge is -2.37. The van der Waals surface area contributed by atoms with Gasteiger partial charge in [-0.05, 0) is 200 Å². The van der Waals surface area contributed by atoms with E-state index in [4.69, 9.17) is 15.2 Å². The van der Waals surface area contributed by atoms with Crippen molar-refractivity contribution in [2.24, 2.45) is 90.0 Å². The summed E-state index contributed by atoms with van der Waals surface area (Å²) in [6.07, 6.45) is 21.0. The Bertz CT molecular complexity index is 3840. The second kappa shape index (κ2) is 32.4. The maximum atomic E-state index is 15.2. The molecule has 0 bridgehead atoms. The van der Waals surface area contributed by atoms with E-state index in [1.54, 1.807) is 51.3 Å². The fourth-order valence-corrected chi connectivity index (χ4v) is 25.5. The molecule has 4 heterocycles.